The molecule has 2 aromatic rings. The summed E-state index contributed by atoms with van der Waals surface area (Å²) in [4.78, 5) is 0. The molecule has 1 aromatic heterocycles. The van der Waals surface area contributed by atoms with Crippen LogP contribution in [0.4, 0.5) is 5.69 Å². The van der Waals surface area contributed by atoms with Gasteiger partial charge in [-0.2, -0.15) is 5.10 Å². The second-order valence-electron chi connectivity index (χ2n) is 4.58. The van der Waals surface area contributed by atoms with Gasteiger partial charge in [0.15, 0.2) is 0 Å². The molecule has 17 heavy (non-hydrogen) atoms. The second kappa shape index (κ2) is 4.62. The van der Waals surface area contributed by atoms with Gasteiger partial charge in [-0.3, -0.25) is 4.68 Å². The van der Waals surface area contributed by atoms with Gasteiger partial charge in [0.2, 0.25) is 0 Å². The number of benzene rings is 1. The molecule has 0 fully saturated rings. The van der Waals surface area contributed by atoms with E-state index in [1.54, 1.807) is 0 Å². The largest absolute Gasteiger partial charge is 0.376 e. The zero-order chi connectivity index (χ0) is 12.4. The van der Waals surface area contributed by atoms with E-state index in [9.17, 15) is 0 Å². The lowest BCUT2D eigenvalue weighted by Gasteiger charge is -2.15. The third kappa shape index (κ3) is 2.67. The predicted molar refractivity (Wildman–Crippen MR) is 71.2 cm³/mol. The minimum Gasteiger partial charge on any atom is -0.376 e. The maximum atomic E-state index is 4.33. The Bertz CT molecular complexity index is 514. The van der Waals surface area contributed by atoms with Crippen LogP contribution in [0.1, 0.15) is 29.8 Å². The van der Waals surface area contributed by atoms with Gasteiger partial charge >= 0.3 is 0 Å². The van der Waals surface area contributed by atoms with E-state index in [0.29, 0.717) is 0 Å². The lowest BCUT2D eigenvalue weighted by atomic mass is 10.1. The Labute approximate surface area is 102 Å². The molecule has 0 bridgehead atoms. The molecule has 0 saturated carbocycles. The molecule has 1 heterocycles. The Kier molecular flexibility index (Phi) is 3.18. The van der Waals surface area contributed by atoms with Gasteiger partial charge in [-0.15, -0.1) is 0 Å². The average molecular weight is 229 g/mol. The summed E-state index contributed by atoms with van der Waals surface area (Å²) in [7, 11) is 1.94. The summed E-state index contributed by atoms with van der Waals surface area (Å²) < 4.78 is 1.83. The van der Waals surface area contributed by atoms with Crippen LogP contribution in [0.15, 0.2) is 30.5 Å². The van der Waals surface area contributed by atoms with Crippen molar-refractivity contribution in [2.45, 2.75) is 26.8 Å². The van der Waals surface area contributed by atoms with E-state index in [1.165, 1.54) is 11.1 Å². The molecule has 0 amide bonds. The number of hydrogen-bond acceptors (Lipinski definition) is 2. The predicted octanol–water partition coefficient (Wildman–Crippen LogP) is 3.21. The van der Waals surface area contributed by atoms with Gasteiger partial charge < -0.3 is 5.32 Å². The third-order valence-corrected chi connectivity index (χ3v) is 2.93. The molecule has 2 rings (SSSR count). The number of aryl methyl sites for hydroxylation is 3. The van der Waals surface area contributed by atoms with Crippen molar-refractivity contribution in [3.63, 3.8) is 0 Å². The fraction of sp³-hybridized carbons (Fsp3) is 0.357. The summed E-state index contributed by atoms with van der Waals surface area (Å²) in [5.41, 5.74) is 4.72. The first-order chi connectivity index (χ1) is 8.06. The van der Waals surface area contributed by atoms with Crippen molar-refractivity contribution in [3.8, 4) is 0 Å². The van der Waals surface area contributed by atoms with Gasteiger partial charge in [0.25, 0.3) is 0 Å². The van der Waals surface area contributed by atoms with Crippen molar-refractivity contribution >= 4 is 5.69 Å². The molecule has 0 saturated heterocycles. The lowest BCUT2D eigenvalue weighted by molar-refractivity contribution is 0.756. The molecule has 0 aliphatic rings. The minimum atomic E-state index is 0.290. The highest BCUT2D eigenvalue weighted by Crippen LogP contribution is 2.21. The van der Waals surface area contributed by atoms with Gasteiger partial charge in [-0.1, -0.05) is 29.8 Å². The van der Waals surface area contributed by atoms with Crippen molar-refractivity contribution in [3.05, 3.63) is 47.3 Å². The van der Waals surface area contributed by atoms with Gasteiger partial charge in [-0.05, 0) is 26.3 Å². The molecule has 3 heteroatoms. The molecule has 0 aliphatic heterocycles. The number of rotatable bonds is 3. The van der Waals surface area contributed by atoms with Crippen LogP contribution < -0.4 is 5.32 Å². The van der Waals surface area contributed by atoms with E-state index >= 15 is 0 Å². The quantitative estimate of drug-likeness (QED) is 0.875. The van der Waals surface area contributed by atoms with E-state index in [2.05, 4.69) is 48.5 Å². The highest BCUT2D eigenvalue weighted by Gasteiger charge is 2.08. The standard InChI is InChI=1S/C14H19N3/c1-10-6-5-7-13(8-10)11(2)15-14-9-17(4)16-12(14)3/h5-9,11,15H,1-4H3. The highest BCUT2D eigenvalue weighted by molar-refractivity contribution is 5.47. The second-order valence-corrected chi connectivity index (χ2v) is 4.58. The van der Waals surface area contributed by atoms with E-state index in [-0.39, 0.29) is 6.04 Å². The molecule has 90 valence electrons. The Morgan fingerprint density at radius 2 is 2.06 bits per heavy atom. The van der Waals surface area contributed by atoms with Crippen LogP contribution in [0.3, 0.4) is 0 Å². The van der Waals surface area contributed by atoms with Crippen LogP contribution in [-0.4, -0.2) is 9.78 Å². The fourth-order valence-corrected chi connectivity index (χ4v) is 2.00. The molecule has 0 aliphatic carbocycles. The number of nitrogens with zero attached hydrogens (tertiary/aromatic N) is 2. The smallest absolute Gasteiger partial charge is 0.0825 e. The lowest BCUT2D eigenvalue weighted by Crippen LogP contribution is -2.06. The third-order valence-electron chi connectivity index (χ3n) is 2.93. The molecule has 1 N–H and O–H groups in total. The van der Waals surface area contributed by atoms with Crippen LogP contribution in [-0.2, 0) is 7.05 Å². The van der Waals surface area contributed by atoms with Gasteiger partial charge in [0.1, 0.15) is 0 Å². The summed E-state index contributed by atoms with van der Waals surface area (Å²) in [6.45, 7) is 6.30. The van der Waals surface area contributed by atoms with E-state index in [4.69, 9.17) is 0 Å². The Balaban J connectivity index is 2.16. The van der Waals surface area contributed by atoms with Crippen LogP contribution >= 0.6 is 0 Å². The molecular weight excluding hydrogens is 210 g/mol. The van der Waals surface area contributed by atoms with Crippen molar-refractivity contribution in [1.29, 1.82) is 0 Å². The first-order valence-electron chi connectivity index (χ1n) is 5.89. The Hall–Kier alpha value is -1.77. The molecule has 3 nitrogen and oxygen atoms in total. The average Bonchev–Trinajstić information content (AvgIpc) is 2.57. The van der Waals surface area contributed by atoms with Gasteiger partial charge in [0.05, 0.1) is 11.4 Å². The SMILES string of the molecule is Cc1cccc(C(C)Nc2cn(C)nc2C)c1. The first-order valence-corrected chi connectivity index (χ1v) is 5.89. The molecule has 1 aromatic carbocycles. The van der Waals surface area contributed by atoms with Crippen molar-refractivity contribution in [2.24, 2.45) is 7.05 Å². The maximum absolute atomic E-state index is 4.33. The van der Waals surface area contributed by atoms with E-state index < -0.39 is 0 Å². The highest BCUT2D eigenvalue weighted by atomic mass is 15.3. The molecule has 1 unspecified atom stereocenters. The van der Waals surface area contributed by atoms with Crippen molar-refractivity contribution in [2.75, 3.05) is 5.32 Å². The monoisotopic (exact) mass is 229 g/mol. The molecular formula is C14H19N3. The van der Waals surface area contributed by atoms with Crippen LogP contribution in [0.2, 0.25) is 0 Å². The van der Waals surface area contributed by atoms with Gasteiger partial charge in [-0.25, -0.2) is 0 Å². The number of anilines is 1. The topological polar surface area (TPSA) is 29.9 Å². The van der Waals surface area contributed by atoms with Gasteiger partial charge in [0, 0.05) is 19.3 Å². The zero-order valence-corrected chi connectivity index (χ0v) is 10.9. The normalized spacial score (nSPS) is 12.5. The molecule has 0 radical (unpaired) electrons. The van der Waals surface area contributed by atoms with E-state index in [1.807, 2.05) is 24.9 Å². The maximum Gasteiger partial charge on any atom is 0.0825 e. The molecule has 1 atom stereocenters. The molecule has 0 spiro atoms. The Morgan fingerprint density at radius 1 is 1.29 bits per heavy atom. The summed E-state index contributed by atoms with van der Waals surface area (Å²) in [6, 6.07) is 8.86. The zero-order valence-electron chi connectivity index (χ0n) is 10.9. The van der Waals surface area contributed by atoms with Crippen LogP contribution in [0, 0.1) is 13.8 Å². The summed E-state index contributed by atoms with van der Waals surface area (Å²) >= 11 is 0. The number of nitrogens with one attached hydrogen (secondary N) is 1. The first kappa shape index (κ1) is 11.7. The van der Waals surface area contributed by atoms with Crippen molar-refractivity contribution < 1.29 is 0 Å². The number of hydrogen-bond donors (Lipinski definition) is 1. The minimum absolute atomic E-state index is 0.290. The van der Waals surface area contributed by atoms with E-state index in [0.717, 1.165) is 11.4 Å². The van der Waals surface area contributed by atoms with Crippen molar-refractivity contribution in [1.82, 2.24) is 9.78 Å². The van der Waals surface area contributed by atoms with Crippen LogP contribution in [0.5, 0.6) is 0 Å². The Morgan fingerprint density at radius 3 is 2.65 bits per heavy atom. The number of aromatic nitrogens is 2. The summed E-state index contributed by atoms with van der Waals surface area (Å²) in [5, 5.41) is 7.82. The summed E-state index contributed by atoms with van der Waals surface area (Å²) in [5.74, 6) is 0. The fourth-order valence-electron chi connectivity index (χ4n) is 2.00. The summed E-state index contributed by atoms with van der Waals surface area (Å²) in [6.07, 6.45) is 2.02. The van der Waals surface area contributed by atoms with Crippen LogP contribution in [0.25, 0.3) is 0 Å².